The molecule has 0 unspecified atom stereocenters. The molecule has 0 aliphatic rings. The van der Waals surface area contributed by atoms with Gasteiger partial charge in [-0.05, 0) is 13.3 Å². The van der Waals surface area contributed by atoms with E-state index in [0.29, 0.717) is 12.1 Å². The van der Waals surface area contributed by atoms with E-state index in [-0.39, 0.29) is 5.91 Å². The fourth-order valence-electron chi connectivity index (χ4n) is 1.61. The van der Waals surface area contributed by atoms with Gasteiger partial charge in [-0.1, -0.05) is 13.0 Å². The van der Waals surface area contributed by atoms with E-state index in [1.54, 1.807) is 18.0 Å². The van der Waals surface area contributed by atoms with Gasteiger partial charge in [-0.25, -0.2) is 0 Å². The van der Waals surface area contributed by atoms with Crippen molar-refractivity contribution in [3.05, 3.63) is 30.1 Å². The Balaban J connectivity index is 2.44. The van der Waals surface area contributed by atoms with Gasteiger partial charge in [-0.3, -0.25) is 9.48 Å². The average molecular weight is 267 g/mol. The molecule has 1 amide bonds. The number of thioether (sulfide) groups is 1. The number of carbonyl (C=O) groups is 1. The molecule has 0 fully saturated rings. The third kappa shape index (κ3) is 4.22. The highest BCUT2D eigenvalue weighted by atomic mass is 32.2. The van der Waals surface area contributed by atoms with Crippen LogP contribution in [0.1, 0.15) is 29.4 Å². The number of hydrogen-bond donors (Lipinski definition) is 1. The summed E-state index contributed by atoms with van der Waals surface area (Å²) in [5.41, 5.74) is 1.62. The van der Waals surface area contributed by atoms with Crippen molar-refractivity contribution < 1.29 is 4.79 Å². The minimum atomic E-state index is -0.0333. The van der Waals surface area contributed by atoms with Crippen molar-refractivity contribution in [1.29, 1.82) is 0 Å². The van der Waals surface area contributed by atoms with Crippen molar-refractivity contribution in [3.63, 3.8) is 0 Å². The maximum absolute atomic E-state index is 11.9. The summed E-state index contributed by atoms with van der Waals surface area (Å²) in [6.45, 7) is 9.21. The summed E-state index contributed by atoms with van der Waals surface area (Å²) >= 11 is 1.75. The zero-order chi connectivity index (χ0) is 13.4. The molecule has 1 N–H and O–H groups in total. The second-order valence-electron chi connectivity index (χ2n) is 3.99. The van der Waals surface area contributed by atoms with Crippen LogP contribution in [-0.2, 0) is 6.54 Å². The molecule has 4 nitrogen and oxygen atoms in total. The Morgan fingerprint density at radius 3 is 3.11 bits per heavy atom. The predicted octanol–water partition coefficient (Wildman–Crippen LogP) is 2.25. The zero-order valence-corrected chi connectivity index (χ0v) is 11.9. The minimum Gasteiger partial charge on any atom is -0.351 e. The van der Waals surface area contributed by atoms with Gasteiger partial charge in [-0.2, -0.15) is 16.9 Å². The number of amides is 1. The van der Waals surface area contributed by atoms with Crippen LogP contribution in [0.15, 0.2) is 18.9 Å². The SMILES string of the molecule is C=CCSCCNC(=O)c1cnn(CCC)c1C. The molecule has 0 aliphatic carbocycles. The Morgan fingerprint density at radius 1 is 1.67 bits per heavy atom. The van der Waals surface area contributed by atoms with Crippen molar-refractivity contribution in [1.82, 2.24) is 15.1 Å². The lowest BCUT2D eigenvalue weighted by Gasteiger charge is -2.05. The quantitative estimate of drug-likeness (QED) is 0.580. The van der Waals surface area contributed by atoms with Crippen LogP contribution in [0.4, 0.5) is 0 Å². The van der Waals surface area contributed by atoms with E-state index in [0.717, 1.165) is 30.2 Å². The van der Waals surface area contributed by atoms with E-state index in [4.69, 9.17) is 0 Å². The first-order valence-corrected chi connectivity index (χ1v) is 7.35. The molecule has 0 radical (unpaired) electrons. The number of nitrogens with one attached hydrogen (secondary N) is 1. The first kappa shape index (κ1) is 14.8. The monoisotopic (exact) mass is 267 g/mol. The number of aromatic nitrogens is 2. The second-order valence-corrected chi connectivity index (χ2v) is 5.14. The molecule has 1 heterocycles. The molecule has 0 atom stereocenters. The fourth-order valence-corrected chi connectivity index (χ4v) is 2.19. The summed E-state index contributed by atoms with van der Waals surface area (Å²) in [7, 11) is 0. The number of rotatable bonds is 8. The van der Waals surface area contributed by atoms with Crippen LogP contribution in [0.25, 0.3) is 0 Å². The van der Waals surface area contributed by atoms with E-state index in [9.17, 15) is 4.79 Å². The summed E-state index contributed by atoms with van der Waals surface area (Å²) in [6, 6.07) is 0. The summed E-state index contributed by atoms with van der Waals surface area (Å²) in [6.07, 6.45) is 4.53. The van der Waals surface area contributed by atoms with Gasteiger partial charge in [0.25, 0.3) is 5.91 Å². The van der Waals surface area contributed by atoms with Crippen molar-refractivity contribution in [2.75, 3.05) is 18.1 Å². The largest absolute Gasteiger partial charge is 0.351 e. The van der Waals surface area contributed by atoms with Crippen LogP contribution in [0, 0.1) is 6.92 Å². The number of carbonyl (C=O) groups excluding carboxylic acids is 1. The molecule has 0 aromatic carbocycles. The van der Waals surface area contributed by atoms with Gasteiger partial charge in [-0.15, -0.1) is 6.58 Å². The van der Waals surface area contributed by atoms with E-state index in [1.807, 2.05) is 17.7 Å². The predicted molar refractivity (Wildman–Crippen MR) is 77.1 cm³/mol. The molecule has 0 aliphatic heterocycles. The third-order valence-corrected chi connectivity index (χ3v) is 3.52. The van der Waals surface area contributed by atoms with Gasteiger partial charge in [0.15, 0.2) is 0 Å². The van der Waals surface area contributed by atoms with Gasteiger partial charge in [0.05, 0.1) is 11.8 Å². The maximum Gasteiger partial charge on any atom is 0.254 e. The molecule has 0 saturated heterocycles. The topological polar surface area (TPSA) is 46.9 Å². The lowest BCUT2D eigenvalue weighted by Crippen LogP contribution is -2.26. The molecule has 18 heavy (non-hydrogen) atoms. The second kappa shape index (κ2) is 7.97. The van der Waals surface area contributed by atoms with Crippen molar-refractivity contribution in [3.8, 4) is 0 Å². The highest BCUT2D eigenvalue weighted by Crippen LogP contribution is 2.07. The van der Waals surface area contributed by atoms with Crippen molar-refractivity contribution in [2.24, 2.45) is 0 Å². The van der Waals surface area contributed by atoms with Gasteiger partial charge in [0.1, 0.15) is 0 Å². The van der Waals surface area contributed by atoms with Crippen LogP contribution >= 0.6 is 11.8 Å². The molecule has 1 rings (SSSR count). The Hall–Kier alpha value is -1.23. The zero-order valence-electron chi connectivity index (χ0n) is 11.1. The van der Waals surface area contributed by atoms with Gasteiger partial charge in [0, 0.05) is 30.3 Å². The average Bonchev–Trinajstić information content (AvgIpc) is 2.71. The molecule has 0 spiro atoms. The summed E-state index contributed by atoms with van der Waals surface area (Å²) in [4.78, 5) is 11.9. The van der Waals surface area contributed by atoms with E-state index in [2.05, 4.69) is 23.9 Å². The molecule has 1 aromatic rings. The van der Waals surface area contributed by atoms with Gasteiger partial charge >= 0.3 is 0 Å². The molecule has 0 bridgehead atoms. The van der Waals surface area contributed by atoms with Gasteiger partial charge in [0.2, 0.25) is 0 Å². The standard InChI is InChI=1S/C13H21N3OS/c1-4-7-16-11(3)12(10-15-16)13(17)14-6-9-18-8-5-2/h5,10H,2,4,6-9H2,1,3H3,(H,14,17). The van der Waals surface area contributed by atoms with Crippen LogP contribution in [0.3, 0.4) is 0 Å². The number of hydrogen-bond acceptors (Lipinski definition) is 3. The Morgan fingerprint density at radius 2 is 2.44 bits per heavy atom. The maximum atomic E-state index is 11.9. The molecule has 0 saturated carbocycles. The summed E-state index contributed by atoms with van der Waals surface area (Å²) < 4.78 is 1.88. The summed E-state index contributed by atoms with van der Waals surface area (Å²) in [5.74, 6) is 1.79. The molecular formula is C13H21N3OS. The van der Waals surface area contributed by atoms with Crippen molar-refractivity contribution >= 4 is 17.7 Å². The first-order chi connectivity index (χ1) is 8.70. The molecular weight excluding hydrogens is 246 g/mol. The smallest absolute Gasteiger partial charge is 0.254 e. The minimum absolute atomic E-state index is 0.0333. The lowest BCUT2D eigenvalue weighted by molar-refractivity contribution is 0.0955. The Kier molecular flexibility index (Phi) is 6.57. The lowest BCUT2D eigenvalue weighted by atomic mass is 10.2. The number of nitrogens with zero attached hydrogens (tertiary/aromatic N) is 2. The van der Waals surface area contributed by atoms with E-state index < -0.39 is 0 Å². The normalized spacial score (nSPS) is 10.3. The molecule has 5 heteroatoms. The highest BCUT2D eigenvalue weighted by molar-refractivity contribution is 7.99. The van der Waals surface area contributed by atoms with Crippen LogP contribution in [0.2, 0.25) is 0 Å². The van der Waals surface area contributed by atoms with Crippen LogP contribution in [0.5, 0.6) is 0 Å². The molecule has 1 aromatic heterocycles. The van der Waals surface area contributed by atoms with Gasteiger partial charge < -0.3 is 5.32 Å². The third-order valence-electron chi connectivity index (χ3n) is 2.55. The van der Waals surface area contributed by atoms with Crippen LogP contribution in [-0.4, -0.2) is 33.7 Å². The van der Waals surface area contributed by atoms with E-state index in [1.165, 1.54) is 0 Å². The molecule has 100 valence electrons. The number of aryl methyl sites for hydroxylation is 1. The Labute approximate surface area is 113 Å². The first-order valence-electron chi connectivity index (χ1n) is 6.20. The fraction of sp³-hybridized carbons (Fsp3) is 0.538. The van der Waals surface area contributed by atoms with Crippen LogP contribution < -0.4 is 5.32 Å². The van der Waals surface area contributed by atoms with Crippen molar-refractivity contribution in [2.45, 2.75) is 26.8 Å². The van der Waals surface area contributed by atoms with E-state index >= 15 is 0 Å². The summed E-state index contributed by atoms with van der Waals surface area (Å²) in [5, 5.41) is 7.13. The highest BCUT2D eigenvalue weighted by Gasteiger charge is 2.12. The Bertz CT molecular complexity index is 401.